The van der Waals surface area contributed by atoms with E-state index in [1.807, 2.05) is 31.1 Å². The Kier molecular flexibility index (Phi) is 6.15. The monoisotopic (exact) mass is 417 g/mol. The molecular weight excluding hydrogens is 398 g/mol. The van der Waals surface area contributed by atoms with E-state index < -0.39 is 4.92 Å². The first-order chi connectivity index (χ1) is 12.2. The Labute approximate surface area is 161 Å². The molecule has 0 aliphatic carbocycles. The summed E-state index contributed by atoms with van der Waals surface area (Å²) in [7, 11) is 7.37. The minimum atomic E-state index is -0.480. The third-order valence-corrected chi connectivity index (χ3v) is 4.22. The van der Waals surface area contributed by atoms with Crippen molar-refractivity contribution in [3.05, 3.63) is 74.4 Å². The van der Waals surface area contributed by atoms with Crippen LogP contribution in [0.2, 0.25) is 0 Å². The third-order valence-electron chi connectivity index (χ3n) is 3.72. The van der Waals surface area contributed by atoms with Crippen LogP contribution in [0.5, 0.6) is 0 Å². The molecule has 0 amide bonds. The predicted octanol–water partition coefficient (Wildman–Crippen LogP) is 4.21. The average molecular weight is 418 g/mol. The SMILES string of the molecule is CN(C)C=C(C(=O)c1ccc(N(C)C)cc1)c1ccc(Br)cc1[N+](=O)[O-]. The van der Waals surface area contributed by atoms with Gasteiger partial charge in [0.05, 0.1) is 16.1 Å². The number of ketones is 1. The zero-order valence-corrected chi connectivity index (χ0v) is 16.6. The maximum atomic E-state index is 13.1. The number of hydrogen-bond acceptors (Lipinski definition) is 5. The summed E-state index contributed by atoms with van der Waals surface area (Å²) in [4.78, 5) is 27.7. The fourth-order valence-electron chi connectivity index (χ4n) is 2.46. The number of nitrogens with zero attached hydrogens (tertiary/aromatic N) is 3. The molecule has 0 heterocycles. The van der Waals surface area contributed by atoms with E-state index in [1.54, 1.807) is 49.5 Å². The number of nitro benzene ring substituents is 1. The maximum absolute atomic E-state index is 13.1. The van der Waals surface area contributed by atoms with Crippen molar-refractivity contribution in [3.63, 3.8) is 0 Å². The molecular formula is C19H20BrN3O3. The minimum absolute atomic E-state index is 0.120. The standard InChI is InChI=1S/C19H20BrN3O3/c1-21(2)12-17(16-10-7-14(20)11-18(16)23(25)26)19(24)13-5-8-15(9-6-13)22(3)4/h5-12H,1-4H3. The summed E-state index contributed by atoms with van der Waals surface area (Å²) in [6.45, 7) is 0. The number of hydrogen-bond donors (Lipinski definition) is 0. The lowest BCUT2D eigenvalue weighted by Crippen LogP contribution is -2.12. The lowest BCUT2D eigenvalue weighted by Gasteiger charge is -2.14. The molecule has 136 valence electrons. The Balaban J connectivity index is 2.56. The van der Waals surface area contributed by atoms with Crippen LogP contribution in [0.4, 0.5) is 11.4 Å². The fraction of sp³-hybridized carbons (Fsp3) is 0.211. The zero-order chi connectivity index (χ0) is 19.4. The molecule has 0 bridgehead atoms. The molecule has 0 N–H and O–H groups in total. The van der Waals surface area contributed by atoms with Gasteiger partial charge in [0.15, 0.2) is 5.78 Å². The molecule has 0 aromatic heterocycles. The second kappa shape index (κ2) is 8.14. The van der Waals surface area contributed by atoms with Gasteiger partial charge in [0, 0.05) is 56.2 Å². The van der Waals surface area contributed by atoms with Crippen LogP contribution >= 0.6 is 15.9 Å². The largest absolute Gasteiger partial charge is 0.383 e. The van der Waals surface area contributed by atoms with Crippen molar-refractivity contribution in [2.75, 3.05) is 33.1 Å². The van der Waals surface area contributed by atoms with E-state index in [0.717, 1.165) is 5.69 Å². The number of carbonyl (C=O) groups excluding carboxylic acids is 1. The smallest absolute Gasteiger partial charge is 0.278 e. The van der Waals surface area contributed by atoms with Crippen LogP contribution in [0.15, 0.2) is 53.1 Å². The van der Waals surface area contributed by atoms with Crippen molar-refractivity contribution in [2.24, 2.45) is 0 Å². The van der Waals surface area contributed by atoms with E-state index >= 15 is 0 Å². The zero-order valence-electron chi connectivity index (χ0n) is 15.1. The van der Waals surface area contributed by atoms with Gasteiger partial charge in [-0.2, -0.15) is 0 Å². The molecule has 0 aliphatic rings. The molecule has 0 saturated heterocycles. The number of halogens is 1. The van der Waals surface area contributed by atoms with E-state index in [2.05, 4.69) is 15.9 Å². The normalized spacial score (nSPS) is 11.2. The van der Waals surface area contributed by atoms with Crippen molar-refractivity contribution in [1.29, 1.82) is 0 Å². The highest BCUT2D eigenvalue weighted by Gasteiger charge is 2.23. The molecule has 2 rings (SSSR count). The molecule has 2 aromatic rings. The van der Waals surface area contributed by atoms with E-state index in [4.69, 9.17) is 0 Å². The Morgan fingerprint density at radius 3 is 2.19 bits per heavy atom. The van der Waals surface area contributed by atoms with Crippen LogP contribution in [0, 0.1) is 10.1 Å². The number of anilines is 1. The van der Waals surface area contributed by atoms with E-state index in [9.17, 15) is 14.9 Å². The highest BCUT2D eigenvalue weighted by molar-refractivity contribution is 9.10. The van der Waals surface area contributed by atoms with Gasteiger partial charge in [0.25, 0.3) is 5.69 Å². The Morgan fingerprint density at radius 1 is 1.08 bits per heavy atom. The molecule has 0 radical (unpaired) electrons. The van der Waals surface area contributed by atoms with Crippen LogP contribution in [0.3, 0.4) is 0 Å². The van der Waals surface area contributed by atoms with Crippen molar-refractivity contribution >= 4 is 38.7 Å². The quantitative estimate of drug-likeness (QED) is 0.304. The lowest BCUT2D eigenvalue weighted by atomic mass is 9.96. The van der Waals surface area contributed by atoms with E-state index in [-0.39, 0.29) is 22.6 Å². The molecule has 26 heavy (non-hydrogen) atoms. The highest BCUT2D eigenvalue weighted by atomic mass is 79.9. The second-order valence-electron chi connectivity index (χ2n) is 6.20. The highest BCUT2D eigenvalue weighted by Crippen LogP contribution is 2.31. The van der Waals surface area contributed by atoms with Gasteiger partial charge in [-0.15, -0.1) is 0 Å². The summed E-state index contributed by atoms with van der Waals surface area (Å²) >= 11 is 3.24. The van der Waals surface area contributed by atoms with Gasteiger partial charge in [-0.1, -0.05) is 15.9 Å². The van der Waals surface area contributed by atoms with Gasteiger partial charge in [0.2, 0.25) is 0 Å². The molecule has 0 spiro atoms. The minimum Gasteiger partial charge on any atom is -0.383 e. The molecule has 6 nitrogen and oxygen atoms in total. The lowest BCUT2D eigenvalue weighted by molar-refractivity contribution is -0.385. The number of nitro groups is 1. The van der Waals surface area contributed by atoms with Crippen LogP contribution in [0.1, 0.15) is 15.9 Å². The molecule has 0 atom stereocenters. The number of benzene rings is 2. The van der Waals surface area contributed by atoms with Crippen LogP contribution in [-0.2, 0) is 0 Å². The maximum Gasteiger partial charge on any atom is 0.278 e. The first kappa shape index (κ1) is 19.7. The molecule has 0 unspecified atom stereocenters. The fourth-order valence-corrected chi connectivity index (χ4v) is 2.81. The molecule has 0 aliphatic heterocycles. The van der Waals surface area contributed by atoms with Crippen LogP contribution in [0.25, 0.3) is 5.57 Å². The van der Waals surface area contributed by atoms with Gasteiger partial charge in [-0.25, -0.2) is 0 Å². The summed E-state index contributed by atoms with van der Waals surface area (Å²) in [5.74, 6) is -0.269. The topological polar surface area (TPSA) is 66.7 Å². The Hall–Kier alpha value is -2.67. The van der Waals surface area contributed by atoms with Crippen LogP contribution < -0.4 is 4.90 Å². The number of allylic oxidation sites excluding steroid dienone is 1. The van der Waals surface area contributed by atoms with E-state index in [0.29, 0.717) is 10.0 Å². The second-order valence-corrected chi connectivity index (χ2v) is 7.11. The molecule has 2 aromatic carbocycles. The molecule has 0 fully saturated rings. The third kappa shape index (κ3) is 4.49. The van der Waals surface area contributed by atoms with Gasteiger partial charge >= 0.3 is 0 Å². The van der Waals surface area contributed by atoms with Gasteiger partial charge in [-0.3, -0.25) is 14.9 Å². The number of carbonyl (C=O) groups is 1. The van der Waals surface area contributed by atoms with E-state index in [1.165, 1.54) is 6.07 Å². The van der Waals surface area contributed by atoms with Crippen molar-refractivity contribution in [2.45, 2.75) is 0 Å². The van der Waals surface area contributed by atoms with Crippen molar-refractivity contribution in [1.82, 2.24) is 4.90 Å². The first-order valence-electron chi connectivity index (χ1n) is 7.85. The average Bonchev–Trinajstić information content (AvgIpc) is 2.59. The van der Waals surface area contributed by atoms with Crippen LogP contribution in [-0.4, -0.2) is 43.8 Å². The first-order valence-corrected chi connectivity index (χ1v) is 8.64. The number of Topliss-reactive ketones (excluding diaryl/α,β-unsaturated/α-hetero) is 1. The summed E-state index contributed by atoms with van der Waals surface area (Å²) < 4.78 is 0.583. The summed E-state index contributed by atoms with van der Waals surface area (Å²) in [6.07, 6.45) is 1.61. The van der Waals surface area contributed by atoms with Crippen molar-refractivity contribution < 1.29 is 9.72 Å². The van der Waals surface area contributed by atoms with Crippen molar-refractivity contribution in [3.8, 4) is 0 Å². The van der Waals surface area contributed by atoms with Gasteiger partial charge in [0.1, 0.15) is 0 Å². The Bertz CT molecular complexity index is 859. The summed E-state index contributed by atoms with van der Waals surface area (Å²) in [5, 5.41) is 11.5. The number of rotatable bonds is 6. The molecule has 7 heteroatoms. The predicted molar refractivity (Wildman–Crippen MR) is 108 cm³/mol. The Morgan fingerprint density at radius 2 is 1.69 bits per heavy atom. The van der Waals surface area contributed by atoms with Gasteiger partial charge < -0.3 is 9.80 Å². The summed E-state index contributed by atoms with van der Waals surface area (Å²) in [5.41, 5.74) is 1.88. The summed E-state index contributed by atoms with van der Waals surface area (Å²) in [6, 6.07) is 11.8. The van der Waals surface area contributed by atoms with Gasteiger partial charge in [-0.05, 0) is 36.4 Å². The molecule has 0 saturated carbocycles.